The third-order valence-corrected chi connectivity index (χ3v) is 13.4. The van der Waals surface area contributed by atoms with Gasteiger partial charge < -0.3 is 40.0 Å². The summed E-state index contributed by atoms with van der Waals surface area (Å²) in [6.07, 6.45) is 4.54. The first-order valence-corrected chi connectivity index (χ1v) is 17.7. The van der Waals surface area contributed by atoms with Gasteiger partial charge in [-0.3, -0.25) is 14.4 Å². The molecule has 14 atom stereocenters. The number of methoxy groups -OCH3 is 1. The Balaban J connectivity index is 1.07. The van der Waals surface area contributed by atoms with Crippen LogP contribution in [0.15, 0.2) is 0 Å². The van der Waals surface area contributed by atoms with Crippen LogP contribution in [0.4, 0.5) is 0 Å². The number of rotatable bonds is 11. The Morgan fingerprint density at radius 2 is 1.61 bits per heavy atom. The van der Waals surface area contributed by atoms with Crippen molar-refractivity contribution in [2.24, 2.45) is 46.3 Å². The van der Waals surface area contributed by atoms with E-state index in [0.29, 0.717) is 35.0 Å². The zero-order chi connectivity index (χ0) is 33.4. The molecule has 262 valence electrons. The first-order chi connectivity index (χ1) is 21.8. The molecule has 1 heterocycles. The number of esters is 1. The van der Waals surface area contributed by atoms with E-state index in [1.165, 1.54) is 39.2 Å². The minimum atomic E-state index is -1.47. The van der Waals surface area contributed by atoms with Crippen LogP contribution in [0.2, 0.25) is 0 Å². The number of fused-ring (bicyclic) bond motifs is 5. The molecule has 5 rings (SSSR count). The second-order valence-corrected chi connectivity index (χ2v) is 15.7. The van der Waals surface area contributed by atoms with Crippen LogP contribution in [0.3, 0.4) is 0 Å². The number of carbonyl (C=O) groups excluding carboxylic acids is 2. The Bertz CT molecular complexity index is 1100. The van der Waals surface area contributed by atoms with Crippen LogP contribution >= 0.6 is 0 Å². The fourth-order valence-corrected chi connectivity index (χ4v) is 10.9. The van der Waals surface area contributed by atoms with Gasteiger partial charge in [0.25, 0.3) is 0 Å². The Kier molecular flexibility index (Phi) is 11.1. The van der Waals surface area contributed by atoms with Gasteiger partial charge in [0.05, 0.1) is 6.42 Å². The van der Waals surface area contributed by atoms with Crippen molar-refractivity contribution in [3.05, 3.63) is 0 Å². The minimum Gasteiger partial charge on any atom is -0.481 e. The van der Waals surface area contributed by atoms with Crippen LogP contribution in [0, 0.1) is 46.3 Å². The third kappa shape index (κ3) is 7.00. The van der Waals surface area contributed by atoms with Crippen molar-refractivity contribution >= 4 is 17.8 Å². The molecule has 0 aromatic rings. The van der Waals surface area contributed by atoms with Gasteiger partial charge in [-0.1, -0.05) is 20.8 Å². The number of carboxylic acids is 1. The van der Waals surface area contributed by atoms with Gasteiger partial charge in [-0.25, -0.2) is 0 Å². The summed E-state index contributed by atoms with van der Waals surface area (Å²) in [7, 11) is 1.31. The molecule has 5 N–H and O–H groups in total. The molecule has 11 heteroatoms. The smallest absolute Gasteiger partial charge is 0.306 e. The van der Waals surface area contributed by atoms with E-state index < -0.39 is 42.6 Å². The lowest BCUT2D eigenvalue weighted by Gasteiger charge is -2.61. The lowest BCUT2D eigenvalue weighted by Crippen LogP contribution is -2.60. The standard InChI is InChI=1S/C35H57NO10/c1-19(5-11-28(38)39)23-8-9-24-22-7-6-20-17-21(13-15-34(20,2)25(22)14-16-35(23,24)3)45-29(40)12-10-27(37)36-18-26-30(41)31(42)32(43)33(44-4)46-26/h19-26,30-33,41-43H,5-18H2,1-4H3,(H,36,37)(H,38,39)/t19-,20-,21+,22?,23-,24+,25+,26-,30-,31+,32-,33+,34+,35?/m1/s1. The number of aliphatic hydroxyl groups excluding tert-OH is 3. The predicted molar refractivity (Wildman–Crippen MR) is 167 cm³/mol. The van der Waals surface area contributed by atoms with Crippen LogP contribution in [0.5, 0.6) is 0 Å². The Morgan fingerprint density at radius 3 is 2.33 bits per heavy atom. The van der Waals surface area contributed by atoms with Gasteiger partial charge >= 0.3 is 11.9 Å². The van der Waals surface area contributed by atoms with E-state index in [2.05, 4.69) is 26.1 Å². The molecule has 0 bridgehead atoms. The average Bonchev–Trinajstić information content (AvgIpc) is 3.38. The predicted octanol–water partition coefficient (Wildman–Crippen LogP) is 3.41. The van der Waals surface area contributed by atoms with Gasteiger partial charge in [-0.05, 0) is 111 Å². The number of ether oxygens (including phenoxy) is 3. The Hall–Kier alpha value is -1.79. The van der Waals surface area contributed by atoms with Gasteiger partial charge in [0.2, 0.25) is 5.91 Å². The molecule has 4 aliphatic carbocycles. The molecule has 11 nitrogen and oxygen atoms in total. The highest BCUT2D eigenvalue weighted by atomic mass is 16.7. The fraction of sp³-hybridized carbons (Fsp3) is 0.914. The van der Waals surface area contributed by atoms with Crippen molar-refractivity contribution in [2.75, 3.05) is 13.7 Å². The van der Waals surface area contributed by atoms with Gasteiger partial charge in [0, 0.05) is 26.5 Å². The number of hydrogen-bond donors (Lipinski definition) is 5. The summed E-state index contributed by atoms with van der Waals surface area (Å²) >= 11 is 0. The summed E-state index contributed by atoms with van der Waals surface area (Å²) in [5.74, 6) is 2.23. The lowest BCUT2D eigenvalue weighted by atomic mass is 9.44. The molecule has 4 saturated carbocycles. The second kappa shape index (κ2) is 14.4. The van der Waals surface area contributed by atoms with Gasteiger partial charge in [0.1, 0.15) is 30.5 Å². The molecule has 5 aliphatic rings. The van der Waals surface area contributed by atoms with E-state index in [0.717, 1.165) is 38.0 Å². The van der Waals surface area contributed by atoms with Crippen LogP contribution in [0.1, 0.15) is 104 Å². The van der Waals surface area contributed by atoms with E-state index in [9.17, 15) is 34.8 Å². The summed E-state index contributed by atoms with van der Waals surface area (Å²) in [4.78, 5) is 36.4. The number of amides is 1. The van der Waals surface area contributed by atoms with Gasteiger partial charge in [-0.2, -0.15) is 0 Å². The quantitative estimate of drug-likeness (QED) is 0.209. The number of carbonyl (C=O) groups is 3. The van der Waals surface area contributed by atoms with Crippen molar-refractivity contribution in [2.45, 2.75) is 141 Å². The van der Waals surface area contributed by atoms with E-state index >= 15 is 0 Å². The van der Waals surface area contributed by atoms with E-state index in [4.69, 9.17) is 14.2 Å². The Labute approximate surface area is 273 Å². The molecule has 0 radical (unpaired) electrons. The van der Waals surface area contributed by atoms with E-state index in [-0.39, 0.29) is 43.3 Å². The van der Waals surface area contributed by atoms with Crippen molar-refractivity contribution in [3.63, 3.8) is 0 Å². The minimum absolute atomic E-state index is 0.0442. The van der Waals surface area contributed by atoms with Crippen molar-refractivity contribution < 1.29 is 49.0 Å². The Morgan fingerprint density at radius 1 is 0.891 bits per heavy atom. The van der Waals surface area contributed by atoms with Crippen molar-refractivity contribution in [1.82, 2.24) is 5.32 Å². The normalized spacial score (nSPS) is 44.3. The number of hydrogen-bond acceptors (Lipinski definition) is 9. The van der Waals surface area contributed by atoms with Gasteiger partial charge in [0.15, 0.2) is 6.29 Å². The zero-order valence-corrected chi connectivity index (χ0v) is 28.1. The SMILES string of the molecule is CO[C@H]1O[C@H](CNC(=O)CCC(=O)O[C@H]2CC[C@@]3(C)[C@H](CCC4[C@@H]5CC[C@H]([C@H](C)CCC(=O)O)C5(C)CC[C@@H]43)C2)[C@@H](O)[C@H](O)[C@H]1O. The van der Waals surface area contributed by atoms with Crippen molar-refractivity contribution in [3.8, 4) is 0 Å². The maximum absolute atomic E-state index is 12.8. The van der Waals surface area contributed by atoms with Crippen LogP contribution < -0.4 is 5.32 Å². The molecule has 46 heavy (non-hydrogen) atoms. The highest BCUT2D eigenvalue weighted by molar-refractivity contribution is 5.81. The highest BCUT2D eigenvalue weighted by Gasteiger charge is 2.60. The number of carboxylic acid groups (broad SMARTS) is 1. The molecular weight excluding hydrogens is 594 g/mol. The molecule has 5 fully saturated rings. The second-order valence-electron chi connectivity index (χ2n) is 15.7. The molecule has 1 aliphatic heterocycles. The topological polar surface area (TPSA) is 172 Å². The third-order valence-electron chi connectivity index (χ3n) is 13.4. The average molecular weight is 652 g/mol. The van der Waals surface area contributed by atoms with E-state index in [1.807, 2.05) is 0 Å². The fourth-order valence-electron chi connectivity index (χ4n) is 10.9. The molecule has 0 aromatic carbocycles. The van der Waals surface area contributed by atoms with Crippen LogP contribution in [-0.4, -0.2) is 88.7 Å². The number of aliphatic hydroxyl groups is 3. The lowest BCUT2D eigenvalue weighted by molar-refractivity contribution is -0.288. The van der Waals surface area contributed by atoms with Crippen molar-refractivity contribution in [1.29, 1.82) is 0 Å². The van der Waals surface area contributed by atoms with Crippen LogP contribution in [0.25, 0.3) is 0 Å². The molecule has 0 aromatic heterocycles. The summed E-state index contributed by atoms with van der Waals surface area (Å²) in [5, 5.41) is 42.0. The largest absolute Gasteiger partial charge is 0.481 e. The van der Waals surface area contributed by atoms with E-state index in [1.54, 1.807) is 0 Å². The summed E-state index contributed by atoms with van der Waals surface area (Å²) in [5.41, 5.74) is 0.553. The zero-order valence-electron chi connectivity index (χ0n) is 28.1. The molecular formula is C35H57NO10. The summed E-state index contributed by atoms with van der Waals surface area (Å²) < 4.78 is 16.3. The number of nitrogens with one attached hydrogen (secondary N) is 1. The first kappa shape index (κ1) is 35.5. The first-order valence-electron chi connectivity index (χ1n) is 17.7. The van der Waals surface area contributed by atoms with Crippen LogP contribution in [-0.2, 0) is 28.6 Å². The summed E-state index contributed by atoms with van der Waals surface area (Å²) in [6, 6.07) is 0. The molecule has 1 amide bonds. The molecule has 0 spiro atoms. The van der Waals surface area contributed by atoms with Gasteiger partial charge in [-0.15, -0.1) is 0 Å². The monoisotopic (exact) mass is 651 g/mol. The summed E-state index contributed by atoms with van der Waals surface area (Å²) in [6.45, 7) is 7.17. The molecule has 1 saturated heterocycles. The molecule has 2 unspecified atom stereocenters. The maximum atomic E-state index is 12.8. The highest BCUT2D eigenvalue weighted by Crippen LogP contribution is 2.68. The number of aliphatic carboxylic acids is 1. The maximum Gasteiger partial charge on any atom is 0.306 e.